The van der Waals surface area contributed by atoms with Crippen LogP contribution in [0.25, 0.3) is 0 Å². The summed E-state index contributed by atoms with van der Waals surface area (Å²) in [5, 5.41) is 0. The van der Waals surface area contributed by atoms with Crippen LogP contribution in [-0.2, 0) is 0 Å². The first-order chi connectivity index (χ1) is 7.41. The Hall–Kier alpha value is -0.455. The molecule has 0 atom stereocenters. The zero-order valence-electron chi connectivity index (χ0n) is 10.7. The SMILES string of the molecule is CCCCCC=CBC=CCCCCC. The number of hydrogen-bond donors (Lipinski definition) is 0. The van der Waals surface area contributed by atoms with E-state index in [2.05, 4.69) is 38.0 Å². The Balaban J connectivity index is 3.14. The molecule has 0 amide bonds. The summed E-state index contributed by atoms with van der Waals surface area (Å²) in [6, 6.07) is 0. The van der Waals surface area contributed by atoms with Gasteiger partial charge in [0, 0.05) is 0 Å². The molecular weight excluding hydrogens is 179 g/mol. The maximum absolute atomic E-state index is 2.33. The minimum absolute atomic E-state index is 1.12. The molecule has 0 bridgehead atoms. The van der Waals surface area contributed by atoms with Gasteiger partial charge in [-0.2, -0.15) is 0 Å². The fraction of sp³-hybridized carbons (Fsp3) is 0.714. The molecule has 0 aromatic heterocycles. The van der Waals surface area contributed by atoms with E-state index in [0.29, 0.717) is 0 Å². The molecule has 0 heterocycles. The van der Waals surface area contributed by atoms with Crippen LogP contribution in [0.5, 0.6) is 0 Å². The molecule has 0 saturated carbocycles. The highest BCUT2D eigenvalue weighted by Crippen LogP contribution is 2.00. The van der Waals surface area contributed by atoms with Gasteiger partial charge >= 0.3 is 0 Å². The third-order valence-corrected chi connectivity index (χ3v) is 2.55. The Labute approximate surface area is 97.1 Å². The van der Waals surface area contributed by atoms with E-state index in [0.717, 1.165) is 7.28 Å². The van der Waals surface area contributed by atoms with E-state index in [1.165, 1.54) is 51.4 Å². The van der Waals surface area contributed by atoms with Crippen LogP contribution in [0.15, 0.2) is 24.1 Å². The van der Waals surface area contributed by atoms with Crippen LogP contribution >= 0.6 is 0 Å². The van der Waals surface area contributed by atoms with Crippen molar-refractivity contribution in [1.82, 2.24) is 0 Å². The highest BCUT2D eigenvalue weighted by atomic mass is 13.9. The van der Waals surface area contributed by atoms with Gasteiger partial charge in [-0.25, -0.2) is 0 Å². The molecule has 0 spiro atoms. The first kappa shape index (κ1) is 14.5. The summed E-state index contributed by atoms with van der Waals surface area (Å²) in [6.07, 6.45) is 15.3. The van der Waals surface area contributed by atoms with E-state index in [-0.39, 0.29) is 0 Å². The molecule has 0 aliphatic carbocycles. The average Bonchev–Trinajstić information content (AvgIpc) is 2.26. The van der Waals surface area contributed by atoms with Crippen molar-refractivity contribution in [2.24, 2.45) is 0 Å². The molecule has 0 N–H and O–H groups in total. The van der Waals surface area contributed by atoms with Gasteiger partial charge in [-0.1, -0.05) is 51.7 Å². The maximum atomic E-state index is 2.33. The lowest BCUT2D eigenvalue weighted by Crippen LogP contribution is -1.78. The van der Waals surface area contributed by atoms with Gasteiger partial charge in [-0.05, 0) is 25.7 Å². The van der Waals surface area contributed by atoms with Crippen molar-refractivity contribution in [3.63, 3.8) is 0 Å². The second kappa shape index (κ2) is 13.5. The number of allylic oxidation sites excluding steroid dienone is 2. The quantitative estimate of drug-likeness (QED) is 0.361. The molecule has 0 aliphatic rings. The summed E-state index contributed by atoms with van der Waals surface area (Å²) in [5.41, 5.74) is 0. The monoisotopic (exact) mass is 206 g/mol. The molecule has 0 fully saturated rings. The summed E-state index contributed by atoms with van der Waals surface area (Å²) in [4.78, 5) is 0. The lowest BCUT2D eigenvalue weighted by atomic mass is 9.78. The number of rotatable bonds is 10. The first-order valence-corrected chi connectivity index (χ1v) is 6.71. The van der Waals surface area contributed by atoms with Crippen molar-refractivity contribution in [3.8, 4) is 0 Å². The molecule has 0 unspecified atom stereocenters. The van der Waals surface area contributed by atoms with Gasteiger partial charge < -0.3 is 0 Å². The van der Waals surface area contributed by atoms with Crippen LogP contribution in [-0.4, -0.2) is 7.28 Å². The summed E-state index contributed by atoms with van der Waals surface area (Å²) in [5.74, 6) is 4.60. The van der Waals surface area contributed by atoms with E-state index in [4.69, 9.17) is 0 Å². The summed E-state index contributed by atoms with van der Waals surface area (Å²) in [7, 11) is 1.12. The fourth-order valence-corrected chi connectivity index (χ4v) is 1.53. The summed E-state index contributed by atoms with van der Waals surface area (Å²) >= 11 is 0. The zero-order chi connectivity index (χ0) is 11.2. The lowest BCUT2D eigenvalue weighted by molar-refractivity contribution is 0.729. The molecule has 0 aromatic carbocycles. The normalized spacial score (nSPS) is 11.6. The summed E-state index contributed by atoms with van der Waals surface area (Å²) < 4.78 is 0. The number of unbranched alkanes of at least 4 members (excludes halogenated alkanes) is 6. The minimum atomic E-state index is 1.12. The van der Waals surface area contributed by atoms with Crippen LogP contribution in [0, 0.1) is 0 Å². The second-order valence-corrected chi connectivity index (χ2v) is 4.17. The zero-order valence-corrected chi connectivity index (χ0v) is 10.7. The van der Waals surface area contributed by atoms with Gasteiger partial charge in [0.05, 0.1) is 0 Å². The molecule has 0 aliphatic heterocycles. The molecule has 0 rings (SSSR count). The Morgan fingerprint density at radius 2 is 1.20 bits per heavy atom. The van der Waals surface area contributed by atoms with Gasteiger partial charge in [0.15, 0.2) is 7.28 Å². The van der Waals surface area contributed by atoms with Crippen LogP contribution in [0.2, 0.25) is 0 Å². The fourth-order valence-electron chi connectivity index (χ4n) is 1.53. The van der Waals surface area contributed by atoms with Gasteiger partial charge in [-0.3, -0.25) is 0 Å². The Morgan fingerprint density at radius 3 is 1.60 bits per heavy atom. The van der Waals surface area contributed by atoms with E-state index in [1.807, 2.05) is 0 Å². The largest absolute Gasteiger partial charge is 0.172 e. The van der Waals surface area contributed by atoms with Crippen LogP contribution in [0.3, 0.4) is 0 Å². The maximum Gasteiger partial charge on any atom is 0.172 e. The highest BCUT2D eigenvalue weighted by Gasteiger charge is 1.83. The van der Waals surface area contributed by atoms with Crippen molar-refractivity contribution in [1.29, 1.82) is 0 Å². The third-order valence-electron chi connectivity index (χ3n) is 2.55. The third kappa shape index (κ3) is 13.5. The standard InChI is InChI=1S/C14H27B/c1-3-5-7-9-11-13-15-14-12-10-8-6-4-2/h11-15H,3-10H2,1-2H3. The van der Waals surface area contributed by atoms with E-state index < -0.39 is 0 Å². The molecule has 0 aromatic rings. The Bertz CT molecular complexity index is 141. The molecule has 86 valence electrons. The Kier molecular flexibility index (Phi) is 13.1. The lowest BCUT2D eigenvalue weighted by Gasteiger charge is -1.91. The smallest absolute Gasteiger partial charge is 0.118 e. The van der Waals surface area contributed by atoms with Crippen LogP contribution in [0.1, 0.15) is 65.2 Å². The van der Waals surface area contributed by atoms with Crippen LogP contribution < -0.4 is 0 Å². The molecular formula is C14H27B. The molecule has 0 saturated heterocycles. The van der Waals surface area contributed by atoms with E-state index in [1.54, 1.807) is 0 Å². The number of hydrogen-bond acceptors (Lipinski definition) is 0. The highest BCUT2D eigenvalue weighted by molar-refractivity contribution is 6.48. The minimum Gasteiger partial charge on any atom is -0.118 e. The van der Waals surface area contributed by atoms with Crippen molar-refractivity contribution in [3.05, 3.63) is 24.1 Å². The molecule has 15 heavy (non-hydrogen) atoms. The Morgan fingerprint density at radius 1 is 0.733 bits per heavy atom. The van der Waals surface area contributed by atoms with Gasteiger partial charge in [0.1, 0.15) is 0 Å². The second-order valence-electron chi connectivity index (χ2n) is 4.17. The predicted molar refractivity (Wildman–Crippen MR) is 73.7 cm³/mol. The first-order valence-electron chi connectivity index (χ1n) is 6.71. The van der Waals surface area contributed by atoms with Gasteiger partial charge in [0.25, 0.3) is 0 Å². The van der Waals surface area contributed by atoms with Crippen LogP contribution in [0.4, 0.5) is 0 Å². The van der Waals surface area contributed by atoms with E-state index >= 15 is 0 Å². The van der Waals surface area contributed by atoms with Gasteiger partial charge in [-0.15, -0.1) is 12.0 Å². The summed E-state index contributed by atoms with van der Waals surface area (Å²) in [6.45, 7) is 4.51. The topological polar surface area (TPSA) is 0 Å². The molecule has 0 nitrogen and oxygen atoms in total. The van der Waals surface area contributed by atoms with E-state index in [9.17, 15) is 0 Å². The van der Waals surface area contributed by atoms with Gasteiger partial charge in [0.2, 0.25) is 0 Å². The van der Waals surface area contributed by atoms with Crippen molar-refractivity contribution >= 4 is 7.28 Å². The molecule has 1 heteroatoms. The van der Waals surface area contributed by atoms with Crippen molar-refractivity contribution in [2.45, 2.75) is 65.2 Å². The van der Waals surface area contributed by atoms with Crippen molar-refractivity contribution < 1.29 is 0 Å². The molecule has 0 radical (unpaired) electrons. The predicted octanol–water partition coefficient (Wildman–Crippen LogP) is 4.61. The van der Waals surface area contributed by atoms with Crippen molar-refractivity contribution in [2.75, 3.05) is 0 Å². The average molecular weight is 206 g/mol.